The van der Waals surface area contributed by atoms with E-state index in [1.54, 1.807) is 11.3 Å². The van der Waals surface area contributed by atoms with Gasteiger partial charge < -0.3 is 5.32 Å². The molecule has 0 saturated heterocycles. The second-order valence-electron chi connectivity index (χ2n) is 3.56. The first-order valence-corrected chi connectivity index (χ1v) is 7.78. The Kier molecular flexibility index (Phi) is 7.14. The molecule has 0 atom stereocenters. The van der Waals surface area contributed by atoms with Crippen LogP contribution in [0.3, 0.4) is 0 Å². The molecule has 1 N–H and O–H groups in total. The van der Waals surface area contributed by atoms with Crippen LogP contribution in [0.2, 0.25) is 0 Å². The molecule has 1 aromatic rings. The molecular weight excluding hydrogens is 338 g/mol. The molecule has 0 aliphatic carbocycles. The number of unbranched alkanes of at least 4 members (excludes halogenated alkanes) is 1. The van der Waals surface area contributed by atoms with Crippen molar-refractivity contribution in [3.8, 4) is 0 Å². The molecule has 15 heavy (non-hydrogen) atoms. The molecular formula is C11H17Br2NS. The minimum Gasteiger partial charge on any atom is -0.317 e. The molecule has 0 radical (unpaired) electrons. The highest BCUT2D eigenvalue weighted by Crippen LogP contribution is 2.32. The fourth-order valence-corrected chi connectivity index (χ4v) is 4.33. The minimum atomic E-state index is 1.15. The summed E-state index contributed by atoms with van der Waals surface area (Å²) in [5, 5.41) is 3.42. The first-order valence-electron chi connectivity index (χ1n) is 5.38. The lowest BCUT2D eigenvalue weighted by Crippen LogP contribution is -2.15. The van der Waals surface area contributed by atoms with Crippen LogP contribution >= 0.6 is 43.2 Å². The van der Waals surface area contributed by atoms with Crippen LogP contribution in [0.15, 0.2) is 13.6 Å². The molecule has 1 nitrogen and oxygen atoms in total. The number of hydrogen-bond donors (Lipinski definition) is 1. The predicted octanol–water partition coefficient (Wildman–Crippen LogP) is 4.60. The summed E-state index contributed by atoms with van der Waals surface area (Å²) in [5.74, 6) is 0. The monoisotopic (exact) mass is 353 g/mol. The maximum Gasteiger partial charge on any atom is 0.0742 e. The van der Waals surface area contributed by atoms with E-state index in [4.69, 9.17) is 0 Å². The molecule has 0 bridgehead atoms. The molecule has 4 heteroatoms. The van der Waals surface area contributed by atoms with Gasteiger partial charge in [-0.05, 0) is 82.3 Å². The zero-order chi connectivity index (χ0) is 11.1. The molecule has 0 spiro atoms. The van der Waals surface area contributed by atoms with Gasteiger partial charge in [0.2, 0.25) is 0 Å². The third-order valence-corrected chi connectivity index (χ3v) is 4.67. The number of nitrogens with one attached hydrogen (secondary N) is 1. The summed E-state index contributed by atoms with van der Waals surface area (Å²) in [6.07, 6.45) is 4.93. The van der Waals surface area contributed by atoms with Crippen molar-refractivity contribution in [1.29, 1.82) is 0 Å². The maximum absolute atomic E-state index is 3.58. The van der Waals surface area contributed by atoms with E-state index in [2.05, 4.69) is 50.2 Å². The summed E-state index contributed by atoms with van der Waals surface area (Å²) in [6, 6.07) is 2.22. The van der Waals surface area contributed by atoms with E-state index in [0.29, 0.717) is 0 Å². The molecule has 1 rings (SSSR count). The van der Waals surface area contributed by atoms with E-state index in [1.807, 2.05) is 0 Å². The molecule has 0 saturated carbocycles. The summed E-state index contributed by atoms with van der Waals surface area (Å²) in [6.45, 7) is 4.50. The molecule has 0 aliphatic rings. The third-order valence-electron chi connectivity index (χ3n) is 2.20. The van der Waals surface area contributed by atoms with Crippen molar-refractivity contribution in [3.05, 3.63) is 19.2 Å². The van der Waals surface area contributed by atoms with Crippen LogP contribution in [-0.2, 0) is 6.42 Å². The van der Waals surface area contributed by atoms with Crippen LogP contribution < -0.4 is 5.32 Å². The first kappa shape index (κ1) is 13.7. The van der Waals surface area contributed by atoms with Gasteiger partial charge in [-0.25, -0.2) is 0 Å². The SMILES string of the molecule is CCCNCCCCc1cc(Br)sc1Br. The van der Waals surface area contributed by atoms with E-state index >= 15 is 0 Å². The van der Waals surface area contributed by atoms with E-state index < -0.39 is 0 Å². The predicted molar refractivity (Wildman–Crippen MR) is 75.8 cm³/mol. The summed E-state index contributed by atoms with van der Waals surface area (Å²) in [5.41, 5.74) is 1.43. The van der Waals surface area contributed by atoms with Crippen molar-refractivity contribution in [3.63, 3.8) is 0 Å². The smallest absolute Gasteiger partial charge is 0.0742 e. The van der Waals surface area contributed by atoms with E-state index in [9.17, 15) is 0 Å². The second kappa shape index (κ2) is 7.82. The van der Waals surface area contributed by atoms with E-state index in [-0.39, 0.29) is 0 Å². The Morgan fingerprint density at radius 2 is 2.07 bits per heavy atom. The van der Waals surface area contributed by atoms with Crippen LogP contribution in [0.4, 0.5) is 0 Å². The summed E-state index contributed by atoms with van der Waals surface area (Å²) >= 11 is 8.85. The topological polar surface area (TPSA) is 12.0 Å². The molecule has 1 aromatic heterocycles. The highest BCUT2D eigenvalue weighted by Gasteiger charge is 2.04. The van der Waals surface area contributed by atoms with Gasteiger partial charge in [0.1, 0.15) is 0 Å². The quantitative estimate of drug-likeness (QED) is 0.706. The average Bonchev–Trinajstić information content (AvgIpc) is 2.51. The van der Waals surface area contributed by atoms with Crippen LogP contribution in [0.25, 0.3) is 0 Å². The lowest BCUT2D eigenvalue weighted by Gasteiger charge is -2.02. The highest BCUT2D eigenvalue weighted by molar-refractivity contribution is 9.12. The first-order chi connectivity index (χ1) is 7.24. The molecule has 0 aromatic carbocycles. The zero-order valence-corrected chi connectivity index (χ0v) is 13.0. The molecule has 86 valence electrons. The lowest BCUT2D eigenvalue weighted by molar-refractivity contribution is 0.617. The Hall–Kier alpha value is 0.620. The molecule has 0 unspecified atom stereocenters. The number of hydrogen-bond acceptors (Lipinski definition) is 2. The summed E-state index contributed by atoms with van der Waals surface area (Å²) < 4.78 is 2.49. The van der Waals surface area contributed by atoms with E-state index in [1.165, 1.54) is 38.8 Å². The van der Waals surface area contributed by atoms with Gasteiger partial charge in [0.05, 0.1) is 7.57 Å². The number of halogens is 2. The van der Waals surface area contributed by atoms with Crippen molar-refractivity contribution >= 4 is 43.2 Å². The Balaban J connectivity index is 2.12. The van der Waals surface area contributed by atoms with Crippen molar-refractivity contribution in [2.24, 2.45) is 0 Å². The van der Waals surface area contributed by atoms with Crippen molar-refractivity contribution in [2.45, 2.75) is 32.6 Å². The number of rotatable bonds is 7. The van der Waals surface area contributed by atoms with Crippen LogP contribution in [-0.4, -0.2) is 13.1 Å². The maximum atomic E-state index is 3.58. The minimum absolute atomic E-state index is 1.15. The van der Waals surface area contributed by atoms with Crippen LogP contribution in [0.1, 0.15) is 31.7 Å². The van der Waals surface area contributed by atoms with Gasteiger partial charge in [-0.1, -0.05) is 6.92 Å². The molecule has 0 amide bonds. The Bertz CT molecular complexity index is 286. The third kappa shape index (κ3) is 5.48. The largest absolute Gasteiger partial charge is 0.317 e. The van der Waals surface area contributed by atoms with Gasteiger partial charge in [0.15, 0.2) is 0 Å². The van der Waals surface area contributed by atoms with E-state index in [0.717, 1.165) is 13.1 Å². The van der Waals surface area contributed by atoms with Crippen molar-refractivity contribution in [1.82, 2.24) is 5.32 Å². The average molecular weight is 355 g/mol. The van der Waals surface area contributed by atoms with Gasteiger partial charge in [-0.2, -0.15) is 0 Å². The van der Waals surface area contributed by atoms with Gasteiger partial charge in [-0.15, -0.1) is 11.3 Å². The van der Waals surface area contributed by atoms with Gasteiger partial charge in [0, 0.05) is 0 Å². The number of aryl methyl sites for hydroxylation is 1. The van der Waals surface area contributed by atoms with Crippen LogP contribution in [0.5, 0.6) is 0 Å². The summed E-state index contributed by atoms with van der Waals surface area (Å²) in [7, 11) is 0. The fourth-order valence-electron chi connectivity index (χ4n) is 1.41. The normalized spacial score (nSPS) is 10.9. The highest BCUT2D eigenvalue weighted by atomic mass is 79.9. The van der Waals surface area contributed by atoms with Crippen LogP contribution in [0, 0.1) is 0 Å². The second-order valence-corrected chi connectivity index (χ2v) is 7.31. The lowest BCUT2D eigenvalue weighted by atomic mass is 10.1. The molecule has 0 aliphatic heterocycles. The standard InChI is InChI=1S/C11H17Br2NS/c1-2-6-14-7-4-3-5-9-8-10(12)15-11(9)13/h8,14H,2-7H2,1H3. The summed E-state index contributed by atoms with van der Waals surface area (Å²) in [4.78, 5) is 0. The Labute approximate surface area is 113 Å². The van der Waals surface area contributed by atoms with Gasteiger partial charge in [0.25, 0.3) is 0 Å². The Morgan fingerprint density at radius 3 is 2.67 bits per heavy atom. The van der Waals surface area contributed by atoms with Gasteiger partial charge in [-0.3, -0.25) is 0 Å². The Morgan fingerprint density at radius 1 is 1.27 bits per heavy atom. The zero-order valence-electron chi connectivity index (χ0n) is 8.98. The fraction of sp³-hybridized carbons (Fsp3) is 0.636. The number of thiophene rings is 1. The van der Waals surface area contributed by atoms with Gasteiger partial charge >= 0.3 is 0 Å². The molecule has 0 fully saturated rings. The van der Waals surface area contributed by atoms with Crippen molar-refractivity contribution < 1.29 is 0 Å². The van der Waals surface area contributed by atoms with Crippen molar-refractivity contribution in [2.75, 3.05) is 13.1 Å². The molecule has 1 heterocycles.